The van der Waals surface area contributed by atoms with Gasteiger partial charge in [0.25, 0.3) is 0 Å². The highest BCUT2D eigenvalue weighted by Gasteiger charge is 2.03. The molecule has 0 radical (unpaired) electrons. The molecule has 3 heteroatoms. The lowest BCUT2D eigenvalue weighted by Gasteiger charge is -2.07. The van der Waals surface area contributed by atoms with Crippen molar-refractivity contribution in [3.8, 4) is 0 Å². The second-order valence-corrected chi connectivity index (χ2v) is 2.84. The van der Waals surface area contributed by atoms with Crippen LogP contribution in [0.4, 0.5) is 0 Å². The zero-order valence-corrected chi connectivity index (χ0v) is 8.13. The van der Waals surface area contributed by atoms with E-state index in [2.05, 4.69) is 0 Å². The van der Waals surface area contributed by atoms with Crippen LogP contribution in [-0.2, 0) is 14.3 Å². The fourth-order valence-electron chi connectivity index (χ4n) is 0.785. The van der Waals surface area contributed by atoms with E-state index in [0.29, 0.717) is 19.6 Å². The summed E-state index contributed by atoms with van der Waals surface area (Å²) in [6, 6.07) is 0. The maximum absolute atomic E-state index is 10.9. The lowest BCUT2D eigenvalue weighted by atomic mass is 10.3. The highest BCUT2D eigenvalue weighted by atomic mass is 16.5. The minimum atomic E-state index is -0.135. The number of hydrogen-bond donors (Lipinski definition) is 0. The maximum atomic E-state index is 10.9. The molecule has 0 aliphatic heterocycles. The van der Waals surface area contributed by atoms with Crippen LogP contribution in [0.25, 0.3) is 0 Å². The molecule has 0 aromatic heterocycles. The van der Waals surface area contributed by atoms with Gasteiger partial charge in [-0.3, -0.25) is 4.79 Å². The zero-order chi connectivity index (χ0) is 9.40. The first kappa shape index (κ1) is 11.4. The lowest BCUT2D eigenvalue weighted by Crippen LogP contribution is -2.11. The van der Waals surface area contributed by atoms with Crippen molar-refractivity contribution in [2.24, 2.45) is 0 Å². The monoisotopic (exact) mass is 174 g/mol. The molecule has 0 bridgehead atoms. The second-order valence-electron chi connectivity index (χ2n) is 2.84. The topological polar surface area (TPSA) is 35.5 Å². The Balaban J connectivity index is 3.20. The van der Waals surface area contributed by atoms with E-state index in [1.165, 1.54) is 0 Å². The third-order valence-electron chi connectivity index (χ3n) is 1.24. The lowest BCUT2D eigenvalue weighted by molar-refractivity contribution is -0.147. The molecule has 72 valence electrons. The van der Waals surface area contributed by atoms with Crippen molar-refractivity contribution in [1.29, 1.82) is 0 Å². The molecule has 0 rings (SSSR count). The van der Waals surface area contributed by atoms with E-state index in [0.717, 1.165) is 6.42 Å². The average Bonchev–Trinajstić information content (AvgIpc) is 1.97. The fourth-order valence-corrected chi connectivity index (χ4v) is 0.785. The van der Waals surface area contributed by atoms with Gasteiger partial charge in [-0.1, -0.05) is 0 Å². The molecule has 0 saturated heterocycles. The third-order valence-corrected chi connectivity index (χ3v) is 1.24. The first-order valence-electron chi connectivity index (χ1n) is 4.44. The summed E-state index contributed by atoms with van der Waals surface area (Å²) in [6.07, 6.45) is 1.20. The van der Waals surface area contributed by atoms with E-state index in [-0.39, 0.29) is 12.1 Å². The minimum Gasteiger partial charge on any atom is -0.463 e. The van der Waals surface area contributed by atoms with E-state index in [1.54, 1.807) is 0 Å². The Labute approximate surface area is 74.0 Å². The first-order chi connectivity index (χ1) is 5.66. The highest BCUT2D eigenvalue weighted by molar-refractivity contribution is 5.69. The molecule has 0 aliphatic carbocycles. The van der Waals surface area contributed by atoms with Crippen molar-refractivity contribution in [2.75, 3.05) is 13.2 Å². The Morgan fingerprint density at radius 3 is 2.58 bits per heavy atom. The van der Waals surface area contributed by atoms with Crippen molar-refractivity contribution < 1.29 is 14.3 Å². The number of ether oxygens (including phenoxy) is 2. The highest BCUT2D eigenvalue weighted by Crippen LogP contribution is 1.97. The van der Waals surface area contributed by atoms with E-state index in [4.69, 9.17) is 9.47 Å². The van der Waals surface area contributed by atoms with Crippen LogP contribution in [0.1, 0.15) is 33.6 Å². The molecular weight excluding hydrogens is 156 g/mol. The third kappa shape index (κ3) is 7.54. The normalized spacial score (nSPS) is 10.3. The summed E-state index contributed by atoms with van der Waals surface area (Å²) in [5.41, 5.74) is 0. The van der Waals surface area contributed by atoms with Gasteiger partial charge in [-0.15, -0.1) is 0 Å². The van der Waals surface area contributed by atoms with Crippen LogP contribution in [0.2, 0.25) is 0 Å². The Morgan fingerprint density at radius 1 is 1.42 bits per heavy atom. The fraction of sp³-hybridized carbons (Fsp3) is 0.889. The molecule has 0 N–H and O–H groups in total. The van der Waals surface area contributed by atoms with Gasteiger partial charge in [-0.05, 0) is 27.2 Å². The van der Waals surface area contributed by atoms with Crippen molar-refractivity contribution in [2.45, 2.75) is 39.7 Å². The number of rotatable bonds is 6. The van der Waals surface area contributed by atoms with Gasteiger partial charge in [0.2, 0.25) is 0 Å². The SMILES string of the molecule is CCOCCCC(=O)OC(C)C. The molecule has 0 saturated carbocycles. The predicted molar refractivity (Wildman–Crippen MR) is 47.0 cm³/mol. The van der Waals surface area contributed by atoms with Crippen LogP contribution in [-0.4, -0.2) is 25.3 Å². The van der Waals surface area contributed by atoms with Gasteiger partial charge >= 0.3 is 5.97 Å². The smallest absolute Gasteiger partial charge is 0.306 e. The largest absolute Gasteiger partial charge is 0.463 e. The quantitative estimate of drug-likeness (QED) is 0.454. The second kappa shape index (κ2) is 7.10. The molecule has 0 aromatic carbocycles. The predicted octanol–water partition coefficient (Wildman–Crippen LogP) is 1.75. The maximum Gasteiger partial charge on any atom is 0.306 e. The number of hydrogen-bond acceptors (Lipinski definition) is 3. The number of carbonyl (C=O) groups excluding carboxylic acids is 1. The molecule has 3 nitrogen and oxygen atoms in total. The summed E-state index contributed by atoms with van der Waals surface area (Å²) in [4.78, 5) is 10.9. The summed E-state index contributed by atoms with van der Waals surface area (Å²) >= 11 is 0. The van der Waals surface area contributed by atoms with Gasteiger partial charge < -0.3 is 9.47 Å². The van der Waals surface area contributed by atoms with E-state index >= 15 is 0 Å². The van der Waals surface area contributed by atoms with Gasteiger partial charge in [0.1, 0.15) is 0 Å². The molecule has 0 atom stereocenters. The average molecular weight is 174 g/mol. The van der Waals surface area contributed by atoms with Crippen molar-refractivity contribution in [3.05, 3.63) is 0 Å². The van der Waals surface area contributed by atoms with Crippen LogP contribution >= 0.6 is 0 Å². The molecular formula is C9H18O3. The minimum absolute atomic E-state index is 0.00964. The standard InChI is InChI=1S/C9H18O3/c1-4-11-7-5-6-9(10)12-8(2)3/h8H,4-7H2,1-3H3. The summed E-state index contributed by atoms with van der Waals surface area (Å²) < 4.78 is 10.0. The zero-order valence-electron chi connectivity index (χ0n) is 8.13. The van der Waals surface area contributed by atoms with Crippen molar-refractivity contribution >= 4 is 5.97 Å². The van der Waals surface area contributed by atoms with Gasteiger partial charge in [-0.25, -0.2) is 0 Å². The van der Waals surface area contributed by atoms with Crippen LogP contribution in [0, 0.1) is 0 Å². The molecule has 0 aliphatic rings. The Kier molecular flexibility index (Phi) is 6.76. The van der Waals surface area contributed by atoms with Crippen LogP contribution in [0.3, 0.4) is 0 Å². The molecule has 0 fully saturated rings. The summed E-state index contributed by atoms with van der Waals surface area (Å²) in [6.45, 7) is 6.98. The van der Waals surface area contributed by atoms with Crippen LogP contribution in [0.5, 0.6) is 0 Å². The van der Waals surface area contributed by atoms with Gasteiger partial charge in [-0.2, -0.15) is 0 Å². The molecule has 0 amide bonds. The number of esters is 1. The van der Waals surface area contributed by atoms with Gasteiger partial charge in [0.05, 0.1) is 6.10 Å². The van der Waals surface area contributed by atoms with Gasteiger partial charge in [0.15, 0.2) is 0 Å². The van der Waals surface area contributed by atoms with Crippen molar-refractivity contribution in [1.82, 2.24) is 0 Å². The summed E-state index contributed by atoms with van der Waals surface area (Å²) in [5.74, 6) is -0.135. The molecule has 0 spiro atoms. The van der Waals surface area contributed by atoms with Crippen molar-refractivity contribution in [3.63, 3.8) is 0 Å². The van der Waals surface area contributed by atoms with E-state index < -0.39 is 0 Å². The van der Waals surface area contributed by atoms with E-state index in [9.17, 15) is 4.79 Å². The van der Waals surface area contributed by atoms with Gasteiger partial charge in [0, 0.05) is 19.6 Å². The molecule has 0 heterocycles. The Bertz CT molecular complexity index is 121. The Morgan fingerprint density at radius 2 is 2.08 bits per heavy atom. The summed E-state index contributed by atoms with van der Waals surface area (Å²) in [7, 11) is 0. The molecule has 0 aromatic rings. The van der Waals surface area contributed by atoms with Crippen LogP contribution in [0.15, 0.2) is 0 Å². The summed E-state index contributed by atoms with van der Waals surface area (Å²) in [5, 5.41) is 0. The first-order valence-corrected chi connectivity index (χ1v) is 4.44. The molecule has 0 unspecified atom stereocenters. The Hall–Kier alpha value is -0.570. The number of carbonyl (C=O) groups is 1. The van der Waals surface area contributed by atoms with E-state index in [1.807, 2.05) is 20.8 Å². The molecule has 12 heavy (non-hydrogen) atoms. The van der Waals surface area contributed by atoms with Crippen LogP contribution < -0.4 is 0 Å².